The minimum Gasteiger partial charge on any atom is -0.337 e. The highest BCUT2D eigenvalue weighted by Crippen LogP contribution is 2.32. The van der Waals surface area contributed by atoms with Crippen LogP contribution in [0.1, 0.15) is 17.7 Å². The molecule has 150 valence electrons. The zero-order valence-corrected chi connectivity index (χ0v) is 17.8. The molecule has 0 spiro atoms. The average molecular weight is 427 g/mol. The van der Waals surface area contributed by atoms with Crippen molar-refractivity contribution in [2.45, 2.75) is 29.5 Å². The molecule has 0 saturated heterocycles. The maximum Gasteiger partial charge on any atom is 0.319 e. The summed E-state index contributed by atoms with van der Waals surface area (Å²) in [6.07, 6.45) is 0.191. The molecular weight excluding hydrogens is 404 g/mol. The van der Waals surface area contributed by atoms with E-state index in [9.17, 15) is 9.59 Å². The van der Waals surface area contributed by atoms with Gasteiger partial charge in [-0.15, -0.1) is 11.3 Å². The quantitative estimate of drug-likeness (QED) is 0.493. The monoisotopic (exact) mass is 426 g/mol. The Kier molecular flexibility index (Phi) is 7.26. The van der Waals surface area contributed by atoms with Crippen LogP contribution in [0, 0.1) is 13.8 Å². The second-order valence-electron chi connectivity index (χ2n) is 6.38. The van der Waals surface area contributed by atoms with E-state index in [2.05, 4.69) is 20.9 Å². The van der Waals surface area contributed by atoms with Crippen LogP contribution in [0.5, 0.6) is 0 Å². The number of rotatable bonds is 7. The first-order valence-electron chi connectivity index (χ1n) is 9.10. The van der Waals surface area contributed by atoms with E-state index in [-0.39, 0.29) is 24.9 Å². The molecule has 0 fully saturated rings. The number of nitrogens with one attached hydrogen (secondary N) is 3. The van der Waals surface area contributed by atoms with Crippen LogP contribution in [0.15, 0.2) is 63.1 Å². The van der Waals surface area contributed by atoms with Gasteiger partial charge in [0.1, 0.15) is 0 Å². The molecule has 3 N–H and O–H groups in total. The summed E-state index contributed by atoms with van der Waals surface area (Å²) in [7, 11) is 0. The maximum atomic E-state index is 12.2. The van der Waals surface area contributed by atoms with Gasteiger partial charge in [0.15, 0.2) is 4.34 Å². The van der Waals surface area contributed by atoms with Crippen LogP contribution in [-0.4, -0.2) is 23.5 Å². The third-order valence-electron chi connectivity index (χ3n) is 3.94. The first-order valence-corrected chi connectivity index (χ1v) is 10.8. The van der Waals surface area contributed by atoms with Crippen LogP contribution < -0.4 is 16.0 Å². The Bertz CT molecular complexity index is 989. The number of benzene rings is 2. The normalized spacial score (nSPS) is 10.4. The van der Waals surface area contributed by atoms with Gasteiger partial charge in [0.2, 0.25) is 5.91 Å². The summed E-state index contributed by atoms with van der Waals surface area (Å²) >= 11 is 3.23. The van der Waals surface area contributed by atoms with E-state index in [1.165, 1.54) is 0 Å². The topological polar surface area (TPSA) is 83.1 Å². The summed E-state index contributed by atoms with van der Waals surface area (Å²) in [4.78, 5) is 29.6. The zero-order valence-electron chi connectivity index (χ0n) is 16.2. The number of anilines is 2. The number of aromatic nitrogens is 1. The van der Waals surface area contributed by atoms with E-state index in [0.29, 0.717) is 5.69 Å². The van der Waals surface area contributed by atoms with Gasteiger partial charge in [0, 0.05) is 40.3 Å². The van der Waals surface area contributed by atoms with E-state index in [0.717, 1.165) is 26.2 Å². The molecule has 1 aromatic heterocycles. The molecular formula is C21H22N4O2S2. The zero-order chi connectivity index (χ0) is 20.6. The van der Waals surface area contributed by atoms with Crippen LogP contribution in [0.4, 0.5) is 16.2 Å². The van der Waals surface area contributed by atoms with Crippen LogP contribution in [0.25, 0.3) is 0 Å². The Labute approximate surface area is 178 Å². The summed E-state index contributed by atoms with van der Waals surface area (Å²) in [5.41, 5.74) is 3.47. The molecule has 0 bridgehead atoms. The minimum absolute atomic E-state index is 0.149. The molecule has 0 radical (unpaired) electrons. The molecule has 3 rings (SSSR count). The Morgan fingerprint density at radius 1 is 1.07 bits per heavy atom. The van der Waals surface area contributed by atoms with E-state index < -0.39 is 0 Å². The van der Waals surface area contributed by atoms with Gasteiger partial charge in [-0.05, 0) is 49.7 Å². The Morgan fingerprint density at radius 3 is 2.55 bits per heavy atom. The first kappa shape index (κ1) is 20.9. The third-order valence-corrected chi connectivity index (χ3v) is 5.99. The van der Waals surface area contributed by atoms with Gasteiger partial charge in [0.05, 0.1) is 0 Å². The fraction of sp³-hybridized carbons (Fsp3) is 0.190. The van der Waals surface area contributed by atoms with E-state index >= 15 is 0 Å². The lowest BCUT2D eigenvalue weighted by Crippen LogP contribution is -2.31. The van der Waals surface area contributed by atoms with Crippen molar-refractivity contribution in [2.75, 3.05) is 17.2 Å². The number of hydrogen-bond donors (Lipinski definition) is 3. The van der Waals surface area contributed by atoms with Crippen LogP contribution in [0.2, 0.25) is 0 Å². The Morgan fingerprint density at radius 2 is 1.86 bits per heavy atom. The van der Waals surface area contributed by atoms with Crippen LogP contribution in [0.3, 0.4) is 0 Å². The van der Waals surface area contributed by atoms with Gasteiger partial charge in [-0.3, -0.25) is 4.79 Å². The van der Waals surface area contributed by atoms with E-state index in [1.807, 2.05) is 55.6 Å². The van der Waals surface area contributed by atoms with Crippen molar-refractivity contribution in [1.29, 1.82) is 0 Å². The number of para-hydroxylation sites is 1. The lowest BCUT2D eigenvalue weighted by atomic mass is 10.2. The van der Waals surface area contributed by atoms with Gasteiger partial charge < -0.3 is 16.0 Å². The largest absolute Gasteiger partial charge is 0.337 e. The second-order valence-corrected chi connectivity index (χ2v) is 8.56. The van der Waals surface area contributed by atoms with E-state index in [1.54, 1.807) is 35.2 Å². The molecule has 3 amide bonds. The molecule has 29 heavy (non-hydrogen) atoms. The number of carbonyl (C=O) groups excluding carboxylic acids is 2. The van der Waals surface area contributed by atoms with Gasteiger partial charge in [-0.25, -0.2) is 9.78 Å². The molecule has 0 saturated carbocycles. The summed E-state index contributed by atoms with van der Waals surface area (Å²) in [6, 6.07) is 14.7. The molecule has 0 aliphatic heterocycles. The highest BCUT2D eigenvalue weighted by Gasteiger charge is 2.08. The molecule has 6 nitrogen and oxygen atoms in total. The van der Waals surface area contributed by atoms with Crippen molar-refractivity contribution in [3.63, 3.8) is 0 Å². The number of carbonyl (C=O) groups is 2. The summed E-state index contributed by atoms with van der Waals surface area (Å²) in [6.45, 7) is 4.18. The highest BCUT2D eigenvalue weighted by molar-refractivity contribution is 8.01. The maximum absolute atomic E-state index is 12.2. The van der Waals surface area contributed by atoms with Gasteiger partial charge in [0.25, 0.3) is 0 Å². The molecule has 3 aromatic rings. The lowest BCUT2D eigenvalue weighted by Gasteiger charge is -2.11. The Hall–Kier alpha value is -2.84. The number of thiazole rings is 1. The molecule has 0 aliphatic carbocycles. The van der Waals surface area contributed by atoms with E-state index in [4.69, 9.17) is 0 Å². The van der Waals surface area contributed by atoms with Gasteiger partial charge in [-0.2, -0.15) is 0 Å². The number of urea groups is 1. The van der Waals surface area contributed by atoms with Crippen LogP contribution >= 0.6 is 23.1 Å². The predicted octanol–water partition coefficient (Wildman–Crippen LogP) is 5.06. The summed E-state index contributed by atoms with van der Waals surface area (Å²) in [5.74, 6) is -0.149. The fourth-order valence-corrected chi connectivity index (χ4v) is 4.43. The molecule has 2 aromatic carbocycles. The van der Waals surface area contributed by atoms with Crippen molar-refractivity contribution in [2.24, 2.45) is 0 Å². The second kappa shape index (κ2) is 10.1. The molecule has 0 atom stereocenters. The average Bonchev–Trinajstić information content (AvgIpc) is 3.09. The molecule has 8 heteroatoms. The lowest BCUT2D eigenvalue weighted by molar-refractivity contribution is -0.116. The number of amides is 3. The molecule has 0 aliphatic rings. The van der Waals surface area contributed by atoms with Gasteiger partial charge in [-0.1, -0.05) is 30.0 Å². The predicted molar refractivity (Wildman–Crippen MR) is 119 cm³/mol. The fourth-order valence-electron chi connectivity index (χ4n) is 2.52. The van der Waals surface area contributed by atoms with Crippen molar-refractivity contribution in [1.82, 2.24) is 10.3 Å². The van der Waals surface area contributed by atoms with Crippen molar-refractivity contribution < 1.29 is 9.59 Å². The number of aryl methyl sites for hydroxylation is 2. The third kappa shape index (κ3) is 6.62. The molecule has 1 heterocycles. The highest BCUT2D eigenvalue weighted by atomic mass is 32.2. The summed E-state index contributed by atoms with van der Waals surface area (Å²) < 4.78 is 0.999. The molecule has 0 unspecified atom stereocenters. The first-order chi connectivity index (χ1) is 14.0. The van der Waals surface area contributed by atoms with Crippen molar-refractivity contribution >= 4 is 46.4 Å². The SMILES string of the molecule is Cc1csc(Sc2ccc(NC(=O)CCNC(=O)Nc3ccccc3)c(C)c2)n1. The van der Waals surface area contributed by atoms with Gasteiger partial charge >= 0.3 is 6.03 Å². The number of nitrogens with zero attached hydrogens (tertiary/aromatic N) is 1. The Balaban J connectivity index is 1.44. The minimum atomic E-state index is -0.334. The smallest absolute Gasteiger partial charge is 0.319 e. The van der Waals surface area contributed by atoms with Crippen molar-refractivity contribution in [3.05, 3.63) is 65.2 Å². The standard InChI is InChI=1S/C21H22N4O2S2/c1-14-12-17(29-21-23-15(2)13-28-21)8-9-18(14)25-19(26)10-11-22-20(27)24-16-6-4-3-5-7-16/h3-9,12-13H,10-11H2,1-2H3,(H,25,26)(H2,22,24,27). The summed E-state index contributed by atoms with van der Waals surface area (Å²) in [5, 5.41) is 10.3. The van der Waals surface area contributed by atoms with Crippen molar-refractivity contribution in [3.8, 4) is 0 Å². The van der Waals surface area contributed by atoms with Crippen LogP contribution in [-0.2, 0) is 4.79 Å². The number of hydrogen-bond acceptors (Lipinski definition) is 5.